The highest BCUT2D eigenvalue weighted by molar-refractivity contribution is 7.99. The average molecular weight is 373 g/mol. The number of carbonyl (C=O) groups excluding carboxylic acids is 1. The number of thioether (sulfide) groups is 1. The van der Waals surface area contributed by atoms with E-state index in [2.05, 4.69) is 5.32 Å². The van der Waals surface area contributed by atoms with Gasteiger partial charge >= 0.3 is 5.97 Å². The van der Waals surface area contributed by atoms with Gasteiger partial charge in [-0.2, -0.15) is 0 Å². The third-order valence-electron chi connectivity index (χ3n) is 3.70. The summed E-state index contributed by atoms with van der Waals surface area (Å²) in [5, 5.41) is 11.6. The van der Waals surface area contributed by atoms with Crippen LogP contribution >= 0.6 is 11.8 Å². The molecule has 0 fully saturated rings. The number of carboxylic acid groups (broad SMARTS) is 1. The second kappa shape index (κ2) is 10.5. The summed E-state index contributed by atoms with van der Waals surface area (Å²) in [6, 6.07) is 17.0. The lowest BCUT2D eigenvalue weighted by Gasteiger charge is -2.13. The minimum atomic E-state index is -0.828. The van der Waals surface area contributed by atoms with E-state index in [1.807, 2.05) is 61.5 Å². The second-order valence-electron chi connectivity index (χ2n) is 5.93. The van der Waals surface area contributed by atoms with Gasteiger partial charge in [0.05, 0.1) is 12.4 Å². The van der Waals surface area contributed by atoms with Crippen molar-refractivity contribution in [2.24, 2.45) is 5.92 Å². The van der Waals surface area contributed by atoms with Crippen LogP contribution in [0.25, 0.3) is 0 Å². The van der Waals surface area contributed by atoms with Crippen molar-refractivity contribution in [2.75, 3.05) is 17.7 Å². The van der Waals surface area contributed by atoms with Crippen LogP contribution in [-0.2, 0) is 15.3 Å². The van der Waals surface area contributed by atoms with E-state index in [-0.39, 0.29) is 17.6 Å². The molecule has 2 rings (SSSR count). The topological polar surface area (TPSA) is 75.6 Å². The zero-order chi connectivity index (χ0) is 18.8. The molecular formula is C20H23NO4S. The smallest absolute Gasteiger partial charge is 0.313 e. The predicted molar refractivity (Wildman–Crippen MR) is 105 cm³/mol. The van der Waals surface area contributed by atoms with Crippen molar-refractivity contribution in [3.8, 4) is 5.75 Å². The van der Waals surface area contributed by atoms with Gasteiger partial charge in [-0.05, 0) is 36.2 Å². The van der Waals surface area contributed by atoms with Crippen LogP contribution in [-0.4, -0.2) is 29.3 Å². The molecule has 1 amide bonds. The van der Waals surface area contributed by atoms with Gasteiger partial charge in [0.15, 0.2) is 0 Å². The Hall–Kier alpha value is -2.47. The Bertz CT molecular complexity index is 721. The number of aliphatic carboxylic acids is 1. The summed E-state index contributed by atoms with van der Waals surface area (Å²) >= 11 is 1.33. The molecule has 0 spiro atoms. The minimum Gasteiger partial charge on any atom is -0.494 e. The quantitative estimate of drug-likeness (QED) is 0.657. The van der Waals surface area contributed by atoms with Crippen LogP contribution in [0.5, 0.6) is 5.75 Å². The molecule has 0 aliphatic rings. The number of carboxylic acids is 1. The molecule has 2 N–H and O–H groups in total. The molecule has 0 saturated heterocycles. The molecule has 0 aliphatic carbocycles. The van der Waals surface area contributed by atoms with Gasteiger partial charge in [0.1, 0.15) is 5.75 Å². The van der Waals surface area contributed by atoms with E-state index in [9.17, 15) is 9.59 Å². The largest absolute Gasteiger partial charge is 0.494 e. The van der Waals surface area contributed by atoms with Gasteiger partial charge in [-0.25, -0.2) is 0 Å². The number of amides is 1. The molecule has 0 aliphatic heterocycles. The van der Waals surface area contributed by atoms with Crippen LogP contribution in [0.1, 0.15) is 18.9 Å². The molecule has 2 aromatic carbocycles. The number of anilines is 1. The molecule has 0 heterocycles. The monoisotopic (exact) mass is 373 g/mol. The molecule has 0 bridgehead atoms. The second-order valence-corrected chi connectivity index (χ2v) is 6.91. The van der Waals surface area contributed by atoms with E-state index in [0.29, 0.717) is 18.8 Å². The standard InChI is InChI=1S/C20H23NO4S/c1-15(10-11-25-18-8-3-2-4-9-18)20(24)21-17-7-5-6-16(12-17)13-26-14-19(22)23/h2-9,12,15H,10-11,13-14H2,1H3,(H,21,24)(H,22,23). The van der Waals surface area contributed by atoms with Gasteiger partial charge in [0.25, 0.3) is 0 Å². The van der Waals surface area contributed by atoms with E-state index in [0.717, 1.165) is 17.0 Å². The van der Waals surface area contributed by atoms with E-state index in [4.69, 9.17) is 9.84 Å². The maximum absolute atomic E-state index is 12.3. The van der Waals surface area contributed by atoms with Gasteiger partial charge in [0, 0.05) is 17.4 Å². The van der Waals surface area contributed by atoms with Crippen molar-refractivity contribution in [1.29, 1.82) is 0 Å². The van der Waals surface area contributed by atoms with Gasteiger partial charge < -0.3 is 15.2 Å². The highest BCUT2D eigenvalue weighted by atomic mass is 32.2. The molecule has 1 unspecified atom stereocenters. The number of ether oxygens (including phenoxy) is 1. The number of nitrogens with one attached hydrogen (secondary N) is 1. The number of para-hydroxylation sites is 1. The third kappa shape index (κ3) is 7.19. The fourth-order valence-corrected chi connectivity index (χ4v) is 2.95. The highest BCUT2D eigenvalue weighted by Crippen LogP contribution is 2.18. The van der Waals surface area contributed by atoms with Crippen molar-refractivity contribution in [3.05, 3.63) is 60.2 Å². The van der Waals surface area contributed by atoms with Crippen molar-refractivity contribution < 1.29 is 19.4 Å². The SMILES string of the molecule is CC(CCOc1ccccc1)C(=O)Nc1cccc(CSCC(=O)O)c1. The van der Waals surface area contributed by atoms with Crippen LogP contribution in [0.4, 0.5) is 5.69 Å². The Kier molecular flexibility index (Phi) is 8.02. The van der Waals surface area contributed by atoms with Crippen molar-refractivity contribution in [2.45, 2.75) is 19.1 Å². The van der Waals surface area contributed by atoms with Crippen LogP contribution in [0.2, 0.25) is 0 Å². The van der Waals surface area contributed by atoms with Gasteiger partial charge in [-0.1, -0.05) is 37.3 Å². The number of rotatable bonds is 10. The van der Waals surface area contributed by atoms with Crippen molar-refractivity contribution in [1.82, 2.24) is 0 Å². The lowest BCUT2D eigenvalue weighted by atomic mass is 10.1. The maximum atomic E-state index is 12.3. The molecule has 1 atom stereocenters. The molecule has 6 heteroatoms. The van der Waals surface area contributed by atoms with Crippen LogP contribution in [0.15, 0.2) is 54.6 Å². The Morgan fingerprint density at radius 2 is 1.92 bits per heavy atom. The summed E-state index contributed by atoms with van der Waals surface area (Å²) < 4.78 is 5.63. The molecule has 26 heavy (non-hydrogen) atoms. The van der Waals surface area contributed by atoms with Gasteiger partial charge in [0.2, 0.25) is 5.91 Å². The average Bonchev–Trinajstić information content (AvgIpc) is 2.62. The van der Waals surface area contributed by atoms with E-state index < -0.39 is 5.97 Å². The first-order chi connectivity index (χ1) is 12.5. The van der Waals surface area contributed by atoms with E-state index in [1.54, 1.807) is 0 Å². The lowest BCUT2D eigenvalue weighted by molar-refractivity contribution is -0.133. The first-order valence-corrected chi connectivity index (χ1v) is 9.57. The Morgan fingerprint density at radius 1 is 1.15 bits per heavy atom. The highest BCUT2D eigenvalue weighted by Gasteiger charge is 2.13. The first kappa shape index (κ1) is 19.8. The normalized spacial score (nSPS) is 11.6. The fraction of sp³-hybridized carbons (Fsp3) is 0.300. The zero-order valence-electron chi connectivity index (χ0n) is 14.7. The summed E-state index contributed by atoms with van der Waals surface area (Å²) in [5.41, 5.74) is 1.70. The van der Waals surface area contributed by atoms with E-state index in [1.165, 1.54) is 11.8 Å². The molecule has 0 radical (unpaired) electrons. The summed E-state index contributed by atoms with van der Waals surface area (Å²) in [5.74, 6) is 0.393. The molecule has 0 aromatic heterocycles. The van der Waals surface area contributed by atoms with E-state index >= 15 is 0 Å². The summed E-state index contributed by atoms with van der Waals surface area (Å²) in [7, 11) is 0. The number of carbonyl (C=O) groups is 2. The fourth-order valence-electron chi connectivity index (χ4n) is 2.26. The molecule has 2 aromatic rings. The number of hydrogen-bond acceptors (Lipinski definition) is 4. The minimum absolute atomic E-state index is 0.0583. The Morgan fingerprint density at radius 3 is 2.65 bits per heavy atom. The predicted octanol–water partition coefficient (Wildman–Crippen LogP) is 4.05. The van der Waals surface area contributed by atoms with Crippen molar-refractivity contribution >= 4 is 29.3 Å². The number of benzene rings is 2. The molecule has 5 nitrogen and oxygen atoms in total. The molecule has 138 valence electrons. The van der Waals surface area contributed by atoms with Gasteiger partial charge in [-0.15, -0.1) is 11.8 Å². The van der Waals surface area contributed by atoms with Gasteiger partial charge in [-0.3, -0.25) is 9.59 Å². The zero-order valence-corrected chi connectivity index (χ0v) is 15.5. The lowest BCUT2D eigenvalue weighted by Crippen LogP contribution is -2.22. The molecular weight excluding hydrogens is 350 g/mol. The summed E-state index contributed by atoms with van der Waals surface area (Å²) in [6.07, 6.45) is 0.620. The summed E-state index contributed by atoms with van der Waals surface area (Å²) in [4.78, 5) is 22.9. The Labute approximate surface area is 157 Å². The van der Waals surface area contributed by atoms with Crippen LogP contribution in [0, 0.1) is 5.92 Å². The van der Waals surface area contributed by atoms with Crippen molar-refractivity contribution in [3.63, 3.8) is 0 Å². The summed E-state index contributed by atoms with van der Waals surface area (Å²) in [6.45, 7) is 2.35. The maximum Gasteiger partial charge on any atom is 0.313 e. The molecule has 0 saturated carbocycles. The van der Waals surface area contributed by atoms with Crippen LogP contribution in [0.3, 0.4) is 0 Å². The van der Waals surface area contributed by atoms with Crippen LogP contribution < -0.4 is 10.1 Å². The first-order valence-electron chi connectivity index (χ1n) is 8.42. The Balaban J connectivity index is 1.77. The third-order valence-corrected chi connectivity index (χ3v) is 4.69. The number of hydrogen-bond donors (Lipinski definition) is 2.